The SMILES string of the molecule is ClCCCCOc1cnc2ccccc2n1. The van der Waals surface area contributed by atoms with Gasteiger partial charge in [0.05, 0.1) is 23.8 Å². The number of hydrogen-bond donors (Lipinski definition) is 0. The highest BCUT2D eigenvalue weighted by molar-refractivity contribution is 6.17. The Morgan fingerprint density at radius 2 is 1.94 bits per heavy atom. The number of aromatic nitrogens is 2. The van der Waals surface area contributed by atoms with Crippen LogP contribution in [0.4, 0.5) is 0 Å². The van der Waals surface area contributed by atoms with Gasteiger partial charge < -0.3 is 4.74 Å². The molecule has 1 aromatic heterocycles. The van der Waals surface area contributed by atoms with Crippen LogP contribution < -0.4 is 4.74 Å². The summed E-state index contributed by atoms with van der Waals surface area (Å²) in [6.45, 7) is 0.639. The summed E-state index contributed by atoms with van der Waals surface area (Å²) >= 11 is 5.58. The summed E-state index contributed by atoms with van der Waals surface area (Å²) in [6.07, 6.45) is 3.56. The largest absolute Gasteiger partial charge is 0.477 e. The summed E-state index contributed by atoms with van der Waals surface area (Å²) in [4.78, 5) is 8.62. The zero-order chi connectivity index (χ0) is 11.2. The predicted octanol–water partition coefficient (Wildman–Crippen LogP) is 3.03. The Labute approximate surface area is 99.4 Å². The maximum Gasteiger partial charge on any atom is 0.232 e. The first-order chi connectivity index (χ1) is 7.90. The van der Waals surface area contributed by atoms with E-state index in [1.807, 2.05) is 24.3 Å². The number of benzene rings is 1. The summed E-state index contributed by atoms with van der Waals surface area (Å²) < 4.78 is 5.48. The third-order valence-electron chi connectivity index (χ3n) is 2.20. The number of nitrogens with zero attached hydrogens (tertiary/aromatic N) is 2. The molecule has 0 atom stereocenters. The molecule has 2 rings (SSSR count). The van der Waals surface area contributed by atoms with Crippen LogP contribution in [0.15, 0.2) is 30.5 Å². The highest BCUT2D eigenvalue weighted by Gasteiger charge is 1.99. The van der Waals surface area contributed by atoms with Crippen LogP contribution in [0.2, 0.25) is 0 Å². The van der Waals surface area contributed by atoms with Crippen LogP contribution in [-0.2, 0) is 0 Å². The lowest BCUT2D eigenvalue weighted by atomic mass is 10.3. The molecule has 2 aromatic rings. The number of para-hydroxylation sites is 2. The van der Waals surface area contributed by atoms with Gasteiger partial charge in [-0.05, 0) is 25.0 Å². The van der Waals surface area contributed by atoms with Crippen molar-refractivity contribution >= 4 is 22.6 Å². The van der Waals surface area contributed by atoms with Crippen molar-refractivity contribution < 1.29 is 4.74 Å². The van der Waals surface area contributed by atoms with Gasteiger partial charge in [-0.15, -0.1) is 11.6 Å². The molecule has 0 radical (unpaired) electrons. The van der Waals surface area contributed by atoms with Crippen molar-refractivity contribution in [1.82, 2.24) is 9.97 Å². The lowest BCUT2D eigenvalue weighted by molar-refractivity contribution is 0.298. The first-order valence-corrected chi connectivity index (χ1v) is 5.84. The van der Waals surface area contributed by atoms with E-state index < -0.39 is 0 Å². The zero-order valence-electron chi connectivity index (χ0n) is 8.90. The Bertz CT molecular complexity index is 461. The minimum atomic E-state index is 0.577. The molecule has 3 nitrogen and oxygen atoms in total. The summed E-state index contributed by atoms with van der Waals surface area (Å²) in [7, 11) is 0. The van der Waals surface area contributed by atoms with Gasteiger partial charge in [0.15, 0.2) is 0 Å². The van der Waals surface area contributed by atoms with Crippen LogP contribution >= 0.6 is 11.6 Å². The maximum atomic E-state index is 5.58. The van der Waals surface area contributed by atoms with E-state index in [4.69, 9.17) is 16.3 Å². The molecule has 4 heteroatoms. The zero-order valence-corrected chi connectivity index (χ0v) is 9.65. The lowest BCUT2D eigenvalue weighted by Crippen LogP contribution is -2.00. The average molecular weight is 237 g/mol. The van der Waals surface area contributed by atoms with Gasteiger partial charge in [0.2, 0.25) is 5.88 Å². The minimum Gasteiger partial charge on any atom is -0.477 e. The molecule has 0 saturated carbocycles. The lowest BCUT2D eigenvalue weighted by Gasteiger charge is -2.04. The fourth-order valence-corrected chi connectivity index (χ4v) is 1.57. The molecule has 0 aliphatic heterocycles. The Morgan fingerprint density at radius 3 is 2.75 bits per heavy atom. The minimum absolute atomic E-state index is 0.577. The van der Waals surface area contributed by atoms with E-state index >= 15 is 0 Å². The number of halogens is 1. The Morgan fingerprint density at radius 1 is 1.12 bits per heavy atom. The number of ether oxygens (including phenoxy) is 1. The van der Waals surface area contributed by atoms with Gasteiger partial charge in [0, 0.05) is 5.88 Å². The third kappa shape index (κ3) is 2.83. The van der Waals surface area contributed by atoms with Crippen LogP contribution in [0, 0.1) is 0 Å². The van der Waals surface area contributed by atoms with E-state index in [1.165, 1.54) is 0 Å². The molecular weight excluding hydrogens is 224 g/mol. The first-order valence-electron chi connectivity index (χ1n) is 5.31. The van der Waals surface area contributed by atoms with Crippen LogP contribution in [-0.4, -0.2) is 22.5 Å². The van der Waals surface area contributed by atoms with E-state index in [2.05, 4.69) is 9.97 Å². The molecule has 0 spiro atoms. The molecule has 0 aliphatic carbocycles. The molecule has 0 bridgehead atoms. The first kappa shape index (κ1) is 11.1. The number of fused-ring (bicyclic) bond motifs is 1. The Balaban J connectivity index is 2.02. The molecule has 0 N–H and O–H groups in total. The van der Waals surface area contributed by atoms with Crippen molar-refractivity contribution in [1.29, 1.82) is 0 Å². The van der Waals surface area contributed by atoms with Crippen LogP contribution in [0.25, 0.3) is 11.0 Å². The van der Waals surface area contributed by atoms with E-state index in [0.717, 1.165) is 23.9 Å². The van der Waals surface area contributed by atoms with E-state index in [-0.39, 0.29) is 0 Å². The van der Waals surface area contributed by atoms with Gasteiger partial charge in [0.1, 0.15) is 0 Å². The van der Waals surface area contributed by atoms with Crippen molar-refractivity contribution in [3.63, 3.8) is 0 Å². The van der Waals surface area contributed by atoms with Gasteiger partial charge in [-0.1, -0.05) is 12.1 Å². The second kappa shape index (κ2) is 5.66. The molecule has 0 aliphatic rings. The van der Waals surface area contributed by atoms with Crippen LogP contribution in [0.3, 0.4) is 0 Å². The van der Waals surface area contributed by atoms with Crippen molar-refractivity contribution in [3.05, 3.63) is 30.5 Å². The molecule has 1 aromatic carbocycles. The second-order valence-corrected chi connectivity index (χ2v) is 3.82. The van der Waals surface area contributed by atoms with Gasteiger partial charge in [-0.2, -0.15) is 0 Å². The average Bonchev–Trinajstić information content (AvgIpc) is 2.34. The highest BCUT2D eigenvalue weighted by Crippen LogP contribution is 2.13. The molecular formula is C12H13ClN2O. The topological polar surface area (TPSA) is 35.0 Å². The van der Waals surface area contributed by atoms with E-state index in [1.54, 1.807) is 6.20 Å². The van der Waals surface area contributed by atoms with Gasteiger partial charge in [-0.3, -0.25) is 0 Å². The fraction of sp³-hybridized carbons (Fsp3) is 0.333. The quantitative estimate of drug-likeness (QED) is 0.591. The van der Waals surface area contributed by atoms with Crippen molar-refractivity contribution in [2.24, 2.45) is 0 Å². The number of hydrogen-bond acceptors (Lipinski definition) is 3. The van der Waals surface area contributed by atoms with Crippen molar-refractivity contribution in [2.45, 2.75) is 12.8 Å². The molecule has 84 valence electrons. The van der Waals surface area contributed by atoms with E-state index in [0.29, 0.717) is 18.4 Å². The number of alkyl halides is 1. The summed E-state index contributed by atoms with van der Waals surface area (Å²) in [6, 6.07) is 7.74. The third-order valence-corrected chi connectivity index (χ3v) is 2.47. The van der Waals surface area contributed by atoms with Gasteiger partial charge in [0.25, 0.3) is 0 Å². The Kier molecular flexibility index (Phi) is 3.94. The highest BCUT2D eigenvalue weighted by atomic mass is 35.5. The van der Waals surface area contributed by atoms with Crippen LogP contribution in [0.1, 0.15) is 12.8 Å². The molecule has 0 fully saturated rings. The normalized spacial score (nSPS) is 10.6. The summed E-state index contributed by atoms with van der Waals surface area (Å²) in [5.41, 5.74) is 1.74. The van der Waals surface area contributed by atoms with Gasteiger partial charge in [-0.25, -0.2) is 9.97 Å². The monoisotopic (exact) mass is 236 g/mol. The smallest absolute Gasteiger partial charge is 0.232 e. The molecule has 0 unspecified atom stereocenters. The second-order valence-electron chi connectivity index (χ2n) is 3.44. The summed E-state index contributed by atoms with van der Waals surface area (Å²) in [5, 5.41) is 0. The molecule has 1 heterocycles. The maximum absolute atomic E-state index is 5.58. The standard InChI is InChI=1S/C12H13ClN2O/c13-7-3-4-8-16-12-9-14-10-5-1-2-6-11(10)15-12/h1-2,5-6,9H,3-4,7-8H2. The molecule has 0 amide bonds. The van der Waals surface area contributed by atoms with Crippen molar-refractivity contribution in [2.75, 3.05) is 12.5 Å². The predicted molar refractivity (Wildman–Crippen MR) is 65.0 cm³/mol. The van der Waals surface area contributed by atoms with Crippen molar-refractivity contribution in [3.8, 4) is 5.88 Å². The Hall–Kier alpha value is -1.35. The van der Waals surface area contributed by atoms with Crippen LogP contribution in [0.5, 0.6) is 5.88 Å². The van der Waals surface area contributed by atoms with Gasteiger partial charge >= 0.3 is 0 Å². The van der Waals surface area contributed by atoms with E-state index in [9.17, 15) is 0 Å². The number of rotatable bonds is 5. The number of unbranched alkanes of at least 4 members (excludes halogenated alkanes) is 1. The molecule has 0 saturated heterocycles. The fourth-order valence-electron chi connectivity index (χ4n) is 1.38. The molecule has 16 heavy (non-hydrogen) atoms. The summed E-state index contributed by atoms with van der Waals surface area (Å²) in [5.74, 6) is 1.25.